The number of hydrogen-bond acceptors (Lipinski definition) is 0. The van der Waals surface area contributed by atoms with Gasteiger partial charge in [-0.2, -0.15) is 0 Å². The number of benzene rings is 1. The van der Waals surface area contributed by atoms with Gasteiger partial charge in [-0.05, 0) is 39.2 Å². The summed E-state index contributed by atoms with van der Waals surface area (Å²) in [6.45, 7) is 6.42. The summed E-state index contributed by atoms with van der Waals surface area (Å²) in [5.74, 6) is 0. The van der Waals surface area contributed by atoms with Gasteiger partial charge in [0, 0.05) is 0 Å². The molecule has 0 fully saturated rings. The Hall–Kier alpha value is -1.04. The Morgan fingerprint density at radius 3 is 2.38 bits per heavy atom. The molecule has 0 saturated heterocycles. The summed E-state index contributed by atoms with van der Waals surface area (Å²) in [4.78, 5) is 0. The Balaban J connectivity index is 2.51. The van der Waals surface area contributed by atoms with Crippen molar-refractivity contribution in [3.63, 3.8) is 0 Å². The van der Waals surface area contributed by atoms with Crippen molar-refractivity contribution in [3.8, 4) is 0 Å². The minimum Gasteiger partial charge on any atom is -0.0887 e. The van der Waals surface area contributed by atoms with Gasteiger partial charge in [-0.3, -0.25) is 0 Å². The molecule has 0 saturated carbocycles. The van der Waals surface area contributed by atoms with Crippen molar-refractivity contribution in [1.29, 1.82) is 0 Å². The smallest absolute Gasteiger partial charge is 0.0242 e. The fraction of sp³-hybridized carbons (Fsp3) is 0.385. The highest BCUT2D eigenvalue weighted by Crippen LogP contribution is 2.09. The average Bonchev–Trinajstić information content (AvgIpc) is 2.16. The van der Waals surface area contributed by atoms with E-state index in [0.29, 0.717) is 0 Å². The normalized spacial score (nSPS) is 11.8. The molecule has 0 unspecified atom stereocenters. The molecule has 70 valence electrons. The van der Waals surface area contributed by atoms with Crippen molar-refractivity contribution in [2.45, 2.75) is 33.6 Å². The molecule has 13 heavy (non-hydrogen) atoms. The van der Waals surface area contributed by atoms with Gasteiger partial charge in [0.25, 0.3) is 0 Å². The van der Waals surface area contributed by atoms with Crippen molar-refractivity contribution < 1.29 is 0 Å². The summed E-state index contributed by atoms with van der Waals surface area (Å²) in [5, 5.41) is 0. The average molecular weight is 174 g/mol. The van der Waals surface area contributed by atoms with Crippen molar-refractivity contribution >= 4 is 0 Å². The molecular weight excluding hydrogens is 156 g/mol. The molecule has 0 aliphatic heterocycles. The van der Waals surface area contributed by atoms with Gasteiger partial charge in [0.1, 0.15) is 0 Å². The Morgan fingerprint density at radius 2 is 1.85 bits per heavy atom. The molecule has 0 bridgehead atoms. The van der Waals surface area contributed by atoms with E-state index in [9.17, 15) is 0 Å². The standard InChI is InChI=1S/C13H18/c1-4-11(2)5-8-13-9-6-12(3)7-10-13/h4,6-7,9-10H,5,8H2,1-3H3. The molecule has 0 N–H and O–H groups in total. The third kappa shape index (κ3) is 3.45. The molecular formula is C13H18. The maximum atomic E-state index is 2.22. The molecule has 0 atom stereocenters. The van der Waals surface area contributed by atoms with E-state index in [1.165, 1.54) is 23.1 Å². The first-order valence-electron chi connectivity index (χ1n) is 4.89. The van der Waals surface area contributed by atoms with Crippen LogP contribution in [0.1, 0.15) is 31.4 Å². The second-order valence-electron chi connectivity index (χ2n) is 3.62. The van der Waals surface area contributed by atoms with Crippen molar-refractivity contribution in [3.05, 3.63) is 47.0 Å². The lowest BCUT2D eigenvalue weighted by molar-refractivity contribution is 0.937. The fourth-order valence-electron chi connectivity index (χ4n) is 1.24. The molecule has 1 aromatic rings. The summed E-state index contributed by atoms with van der Waals surface area (Å²) in [6, 6.07) is 8.80. The van der Waals surface area contributed by atoms with Crippen LogP contribution in [-0.4, -0.2) is 0 Å². The molecule has 1 rings (SSSR count). The second kappa shape index (κ2) is 4.86. The van der Waals surface area contributed by atoms with Gasteiger partial charge in [-0.1, -0.05) is 41.5 Å². The van der Waals surface area contributed by atoms with Crippen LogP contribution in [0, 0.1) is 6.92 Å². The van der Waals surface area contributed by atoms with Crippen LogP contribution in [0.3, 0.4) is 0 Å². The van der Waals surface area contributed by atoms with E-state index in [2.05, 4.69) is 51.1 Å². The van der Waals surface area contributed by atoms with Crippen LogP contribution in [0.5, 0.6) is 0 Å². The van der Waals surface area contributed by atoms with Crippen LogP contribution in [0.2, 0.25) is 0 Å². The Labute approximate surface area is 81.3 Å². The van der Waals surface area contributed by atoms with E-state index in [-0.39, 0.29) is 0 Å². The van der Waals surface area contributed by atoms with Crippen molar-refractivity contribution in [2.75, 3.05) is 0 Å². The molecule has 0 aromatic heterocycles. The van der Waals surface area contributed by atoms with E-state index in [4.69, 9.17) is 0 Å². The maximum absolute atomic E-state index is 2.22. The summed E-state index contributed by atoms with van der Waals surface area (Å²) in [7, 11) is 0. The van der Waals surface area contributed by atoms with Crippen LogP contribution in [0.25, 0.3) is 0 Å². The summed E-state index contributed by atoms with van der Waals surface area (Å²) in [5.41, 5.74) is 4.25. The largest absolute Gasteiger partial charge is 0.0887 e. The third-order valence-electron chi connectivity index (χ3n) is 2.42. The zero-order chi connectivity index (χ0) is 9.68. The maximum Gasteiger partial charge on any atom is -0.0242 e. The minimum absolute atomic E-state index is 1.16. The van der Waals surface area contributed by atoms with Crippen molar-refractivity contribution in [1.82, 2.24) is 0 Å². The second-order valence-corrected chi connectivity index (χ2v) is 3.62. The van der Waals surface area contributed by atoms with Crippen LogP contribution in [0.4, 0.5) is 0 Å². The van der Waals surface area contributed by atoms with E-state index >= 15 is 0 Å². The van der Waals surface area contributed by atoms with Gasteiger partial charge in [0.15, 0.2) is 0 Å². The highest BCUT2D eigenvalue weighted by Gasteiger charge is 1.93. The SMILES string of the molecule is CC=C(C)CCc1ccc(C)cc1. The molecule has 0 aliphatic carbocycles. The van der Waals surface area contributed by atoms with Gasteiger partial charge in [0.2, 0.25) is 0 Å². The fourth-order valence-corrected chi connectivity index (χ4v) is 1.24. The Kier molecular flexibility index (Phi) is 3.75. The van der Waals surface area contributed by atoms with E-state index in [1.54, 1.807) is 0 Å². The number of rotatable bonds is 3. The third-order valence-corrected chi connectivity index (χ3v) is 2.42. The van der Waals surface area contributed by atoms with Crippen molar-refractivity contribution in [2.24, 2.45) is 0 Å². The molecule has 0 heterocycles. The summed E-state index contributed by atoms with van der Waals surface area (Å²) < 4.78 is 0. The molecule has 0 aliphatic rings. The lowest BCUT2D eigenvalue weighted by Gasteiger charge is -2.01. The number of allylic oxidation sites excluding steroid dienone is 2. The van der Waals surface area contributed by atoms with E-state index in [0.717, 1.165) is 6.42 Å². The van der Waals surface area contributed by atoms with Crippen LogP contribution >= 0.6 is 0 Å². The monoisotopic (exact) mass is 174 g/mol. The van der Waals surface area contributed by atoms with E-state index in [1.807, 2.05) is 0 Å². The highest BCUT2D eigenvalue weighted by atomic mass is 14.0. The van der Waals surface area contributed by atoms with E-state index < -0.39 is 0 Å². The Bertz CT molecular complexity index is 277. The number of hydrogen-bond donors (Lipinski definition) is 0. The molecule has 0 amide bonds. The molecule has 0 heteroatoms. The topological polar surface area (TPSA) is 0 Å². The Morgan fingerprint density at radius 1 is 1.23 bits per heavy atom. The lowest BCUT2D eigenvalue weighted by atomic mass is 10.0. The van der Waals surface area contributed by atoms with Crippen LogP contribution in [-0.2, 0) is 6.42 Å². The molecule has 0 radical (unpaired) electrons. The molecule has 1 aromatic carbocycles. The van der Waals surface area contributed by atoms with Crippen LogP contribution < -0.4 is 0 Å². The minimum atomic E-state index is 1.16. The first-order valence-corrected chi connectivity index (χ1v) is 4.89. The van der Waals surface area contributed by atoms with Gasteiger partial charge in [-0.15, -0.1) is 0 Å². The van der Waals surface area contributed by atoms with Gasteiger partial charge < -0.3 is 0 Å². The lowest BCUT2D eigenvalue weighted by Crippen LogP contribution is -1.86. The first kappa shape index (κ1) is 10.0. The molecule has 0 spiro atoms. The predicted molar refractivity (Wildman–Crippen MR) is 58.9 cm³/mol. The van der Waals surface area contributed by atoms with Gasteiger partial charge in [-0.25, -0.2) is 0 Å². The van der Waals surface area contributed by atoms with Gasteiger partial charge in [0.05, 0.1) is 0 Å². The zero-order valence-electron chi connectivity index (χ0n) is 8.80. The highest BCUT2D eigenvalue weighted by molar-refractivity contribution is 5.22. The predicted octanol–water partition coefficient (Wildman–Crippen LogP) is 3.89. The van der Waals surface area contributed by atoms with Gasteiger partial charge >= 0.3 is 0 Å². The van der Waals surface area contributed by atoms with Crippen LogP contribution in [0.15, 0.2) is 35.9 Å². The summed E-state index contributed by atoms with van der Waals surface area (Å²) >= 11 is 0. The molecule has 0 nitrogen and oxygen atoms in total. The summed E-state index contributed by atoms with van der Waals surface area (Å²) in [6.07, 6.45) is 4.53. The zero-order valence-corrected chi connectivity index (χ0v) is 8.80. The quantitative estimate of drug-likeness (QED) is 0.610. The number of aryl methyl sites for hydroxylation is 2. The first-order chi connectivity index (χ1) is 6.22.